The summed E-state index contributed by atoms with van der Waals surface area (Å²) in [6, 6.07) is 11.5. The fourth-order valence-corrected chi connectivity index (χ4v) is 4.89. The highest BCUT2D eigenvalue weighted by Crippen LogP contribution is 2.37. The summed E-state index contributed by atoms with van der Waals surface area (Å²) in [5.74, 6) is -0.441. The second kappa shape index (κ2) is 10.3. The molecule has 1 aliphatic rings. The largest absolute Gasteiger partial charge is 0.378 e. The quantitative estimate of drug-likeness (QED) is 0.537. The van der Waals surface area contributed by atoms with E-state index in [4.69, 9.17) is 16.3 Å². The lowest BCUT2D eigenvalue weighted by Gasteiger charge is -2.26. The lowest BCUT2D eigenvalue weighted by atomic mass is 9.90. The smallest absolute Gasteiger partial charge is 0.251 e. The van der Waals surface area contributed by atoms with Crippen molar-refractivity contribution in [3.8, 4) is 21.6 Å². The molecule has 6 nitrogen and oxygen atoms in total. The van der Waals surface area contributed by atoms with Crippen LogP contribution in [0.1, 0.15) is 36.8 Å². The van der Waals surface area contributed by atoms with E-state index in [1.54, 1.807) is 28.4 Å². The van der Waals surface area contributed by atoms with Crippen LogP contribution in [0.5, 0.6) is 0 Å². The van der Waals surface area contributed by atoms with Crippen molar-refractivity contribution in [1.29, 1.82) is 0 Å². The molecule has 1 N–H and O–H groups in total. The first-order valence-electron chi connectivity index (χ1n) is 11.2. The molecule has 1 saturated heterocycles. The van der Waals surface area contributed by atoms with E-state index in [1.807, 2.05) is 18.3 Å². The lowest BCUT2D eigenvalue weighted by molar-refractivity contribution is -0.134. The summed E-state index contributed by atoms with van der Waals surface area (Å²) in [4.78, 5) is 32.2. The van der Waals surface area contributed by atoms with Gasteiger partial charge in [-0.2, -0.15) is 0 Å². The maximum Gasteiger partial charge on any atom is 0.251 e. The van der Waals surface area contributed by atoms with Gasteiger partial charge in [-0.3, -0.25) is 14.6 Å². The Bertz CT molecular complexity index is 1200. The molecule has 4 rings (SSSR count). The highest BCUT2D eigenvalue weighted by Gasteiger charge is 2.19. The van der Waals surface area contributed by atoms with E-state index < -0.39 is 0 Å². The molecule has 0 unspecified atom stereocenters. The molecule has 0 atom stereocenters. The summed E-state index contributed by atoms with van der Waals surface area (Å²) in [5, 5.41) is 5.24. The molecule has 0 spiro atoms. The Balaban J connectivity index is 1.45. The van der Waals surface area contributed by atoms with E-state index in [0.29, 0.717) is 36.9 Å². The first-order chi connectivity index (χ1) is 16.2. The van der Waals surface area contributed by atoms with Crippen molar-refractivity contribution >= 4 is 34.8 Å². The topological polar surface area (TPSA) is 71.5 Å². The van der Waals surface area contributed by atoms with Crippen molar-refractivity contribution in [3.05, 3.63) is 64.3 Å². The van der Waals surface area contributed by atoms with Crippen LogP contribution >= 0.6 is 22.9 Å². The predicted octanol–water partition coefficient (Wildman–Crippen LogP) is 5.02. The molecule has 8 heteroatoms. The molecular weight excluding hydrogens is 470 g/mol. The highest BCUT2D eigenvalue weighted by molar-refractivity contribution is 7.14. The molecule has 0 saturated carbocycles. The van der Waals surface area contributed by atoms with E-state index in [0.717, 1.165) is 27.3 Å². The Kier molecular flexibility index (Phi) is 7.36. The Morgan fingerprint density at radius 2 is 1.88 bits per heavy atom. The van der Waals surface area contributed by atoms with Gasteiger partial charge in [-0.25, -0.2) is 0 Å². The van der Waals surface area contributed by atoms with Crippen LogP contribution in [-0.2, 0) is 14.9 Å². The maximum atomic E-state index is 12.6. The number of amides is 2. The van der Waals surface area contributed by atoms with Gasteiger partial charge in [0.2, 0.25) is 5.91 Å². The first-order valence-corrected chi connectivity index (χ1v) is 12.5. The number of carbonyl (C=O) groups is 2. The Labute approximate surface area is 208 Å². The SMILES string of the molecule is CC(C)(C)c1cc(-c2cc(-c3ccc(C(=O)NCC(=O)N4CCOCC4)cc3Cl)cs2)ccn1. The summed E-state index contributed by atoms with van der Waals surface area (Å²) in [6.45, 7) is 8.55. The van der Waals surface area contributed by atoms with Crippen LogP contribution in [-0.4, -0.2) is 54.5 Å². The number of aromatic nitrogens is 1. The van der Waals surface area contributed by atoms with Gasteiger partial charge in [-0.05, 0) is 46.8 Å². The molecule has 3 heterocycles. The third kappa shape index (κ3) is 5.66. The number of hydrogen-bond acceptors (Lipinski definition) is 5. The average Bonchev–Trinajstić information content (AvgIpc) is 3.32. The van der Waals surface area contributed by atoms with Crippen molar-refractivity contribution < 1.29 is 14.3 Å². The van der Waals surface area contributed by atoms with Crippen LogP contribution in [0, 0.1) is 0 Å². The van der Waals surface area contributed by atoms with Gasteiger partial charge >= 0.3 is 0 Å². The molecule has 34 heavy (non-hydrogen) atoms. The number of ether oxygens (including phenoxy) is 1. The molecule has 3 aromatic rings. The highest BCUT2D eigenvalue weighted by atomic mass is 35.5. The van der Waals surface area contributed by atoms with Crippen molar-refractivity contribution in [2.24, 2.45) is 0 Å². The van der Waals surface area contributed by atoms with Gasteiger partial charge in [0, 0.05) is 51.4 Å². The van der Waals surface area contributed by atoms with Crippen LogP contribution in [0.25, 0.3) is 21.6 Å². The van der Waals surface area contributed by atoms with Gasteiger partial charge in [0.1, 0.15) is 0 Å². The minimum atomic E-state index is -0.326. The standard InChI is InChI=1S/C26H28ClN3O3S/c1-26(2,3)23-14-17(6-7-28-23)22-13-19(16-34-22)20-5-4-18(12-21(20)27)25(32)29-15-24(31)30-8-10-33-11-9-30/h4-7,12-14,16H,8-11,15H2,1-3H3,(H,29,32). The molecule has 0 radical (unpaired) electrons. The molecule has 1 aromatic carbocycles. The van der Waals surface area contributed by atoms with Gasteiger partial charge in [0.15, 0.2) is 0 Å². The van der Waals surface area contributed by atoms with Crippen molar-refractivity contribution in [3.63, 3.8) is 0 Å². The molecule has 0 aliphatic carbocycles. The van der Waals surface area contributed by atoms with Gasteiger partial charge in [0.25, 0.3) is 5.91 Å². The van der Waals surface area contributed by atoms with Gasteiger partial charge in [-0.1, -0.05) is 38.4 Å². The van der Waals surface area contributed by atoms with Crippen LogP contribution in [0.15, 0.2) is 48.0 Å². The number of carbonyl (C=O) groups excluding carboxylic acids is 2. The zero-order valence-electron chi connectivity index (χ0n) is 19.6. The normalized spacial score (nSPS) is 14.2. The van der Waals surface area contributed by atoms with Crippen molar-refractivity contribution in [1.82, 2.24) is 15.2 Å². The molecule has 178 valence electrons. The number of rotatable bonds is 5. The molecule has 1 aliphatic heterocycles. The average molecular weight is 498 g/mol. The number of hydrogen-bond donors (Lipinski definition) is 1. The summed E-state index contributed by atoms with van der Waals surface area (Å²) >= 11 is 8.20. The second-order valence-electron chi connectivity index (χ2n) is 9.25. The van der Waals surface area contributed by atoms with Crippen molar-refractivity contribution in [2.75, 3.05) is 32.8 Å². The number of nitrogens with zero attached hydrogens (tertiary/aromatic N) is 2. The Morgan fingerprint density at radius 3 is 2.59 bits per heavy atom. The summed E-state index contributed by atoms with van der Waals surface area (Å²) in [7, 11) is 0. The van der Waals surface area contributed by atoms with Crippen molar-refractivity contribution in [2.45, 2.75) is 26.2 Å². The zero-order valence-corrected chi connectivity index (χ0v) is 21.1. The summed E-state index contributed by atoms with van der Waals surface area (Å²) in [5.41, 5.74) is 4.41. The fourth-order valence-electron chi connectivity index (χ4n) is 3.70. The van der Waals surface area contributed by atoms with E-state index in [-0.39, 0.29) is 23.8 Å². The number of nitrogens with one attached hydrogen (secondary N) is 1. The number of halogens is 1. The number of benzene rings is 1. The monoisotopic (exact) mass is 497 g/mol. The Morgan fingerprint density at radius 1 is 1.12 bits per heavy atom. The summed E-state index contributed by atoms with van der Waals surface area (Å²) < 4.78 is 5.25. The third-order valence-electron chi connectivity index (χ3n) is 5.72. The molecular formula is C26H28ClN3O3S. The van der Waals surface area contributed by atoms with Crippen LogP contribution in [0.4, 0.5) is 0 Å². The number of thiophene rings is 1. The fraction of sp³-hybridized carbons (Fsp3) is 0.346. The number of pyridine rings is 1. The zero-order chi connectivity index (χ0) is 24.3. The minimum Gasteiger partial charge on any atom is -0.378 e. The van der Waals surface area contributed by atoms with Crippen LogP contribution < -0.4 is 5.32 Å². The van der Waals surface area contributed by atoms with Gasteiger partial charge in [-0.15, -0.1) is 11.3 Å². The molecule has 2 amide bonds. The second-order valence-corrected chi connectivity index (χ2v) is 10.6. The van der Waals surface area contributed by atoms with E-state index in [1.165, 1.54) is 0 Å². The minimum absolute atomic E-state index is 0.0252. The Hall–Kier alpha value is -2.74. The third-order valence-corrected chi connectivity index (χ3v) is 7.01. The summed E-state index contributed by atoms with van der Waals surface area (Å²) in [6.07, 6.45) is 1.85. The number of morpholine rings is 1. The predicted molar refractivity (Wildman–Crippen MR) is 136 cm³/mol. The van der Waals surface area contributed by atoms with E-state index in [2.05, 4.69) is 48.6 Å². The van der Waals surface area contributed by atoms with Crippen LogP contribution in [0.2, 0.25) is 5.02 Å². The molecule has 0 bridgehead atoms. The molecule has 1 fully saturated rings. The lowest BCUT2D eigenvalue weighted by Crippen LogP contribution is -2.45. The van der Waals surface area contributed by atoms with E-state index >= 15 is 0 Å². The molecule has 2 aromatic heterocycles. The van der Waals surface area contributed by atoms with Gasteiger partial charge < -0.3 is 15.0 Å². The maximum absolute atomic E-state index is 12.6. The van der Waals surface area contributed by atoms with Gasteiger partial charge in [0.05, 0.1) is 19.8 Å². The van der Waals surface area contributed by atoms with Crippen LogP contribution in [0.3, 0.4) is 0 Å². The van der Waals surface area contributed by atoms with E-state index in [9.17, 15) is 9.59 Å². The first kappa shape index (κ1) is 24.4.